The average Bonchev–Trinajstić information content (AvgIpc) is 3.23. The van der Waals surface area contributed by atoms with Crippen molar-refractivity contribution in [3.63, 3.8) is 0 Å². The number of nitrogens with one attached hydrogen (secondary N) is 1. The maximum atomic E-state index is 12.9. The van der Waals surface area contributed by atoms with Crippen LogP contribution in [0.1, 0.15) is 18.9 Å². The Morgan fingerprint density at radius 3 is 2.91 bits per heavy atom. The summed E-state index contributed by atoms with van der Waals surface area (Å²) in [4.78, 5) is 29.5. The van der Waals surface area contributed by atoms with E-state index in [1.54, 1.807) is 25.3 Å². The van der Waals surface area contributed by atoms with Gasteiger partial charge in [0.2, 0.25) is 5.91 Å². The van der Waals surface area contributed by atoms with Crippen molar-refractivity contribution >= 4 is 34.2 Å². The molecule has 1 atom stereocenters. The summed E-state index contributed by atoms with van der Waals surface area (Å²) in [5, 5.41) is 7.51. The van der Waals surface area contributed by atoms with Gasteiger partial charge in [-0.05, 0) is 44.6 Å². The number of H-pyrrole nitrogens is 1. The van der Waals surface area contributed by atoms with Crippen molar-refractivity contribution in [1.82, 2.24) is 24.6 Å². The van der Waals surface area contributed by atoms with E-state index in [-0.39, 0.29) is 23.3 Å². The Morgan fingerprint density at radius 2 is 2.21 bits per heavy atom. The lowest BCUT2D eigenvalue weighted by Crippen LogP contribution is -2.40. The van der Waals surface area contributed by atoms with Crippen LogP contribution in [0.4, 0.5) is 5.82 Å². The van der Waals surface area contributed by atoms with Crippen LogP contribution in [-0.2, 0) is 4.79 Å². The van der Waals surface area contributed by atoms with Crippen LogP contribution in [0.25, 0.3) is 22.0 Å². The van der Waals surface area contributed by atoms with Gasteiger partial charge in [0.1, 0.15) is 11.3 Å². The van der Waals surface area contributed by atoms with Gasteiger partial charge in [-0.3, -0.25) is 9.59 Å². The molecule has 3 heterocycles. The van der Waals surface area contributed by atoms with Gasteiger partial charge in [0, 0.05) is 37.5 Å². The van der Waals surface area contributed by atoms with E-state index in [0.717, 1.165) is 24.0 Å². The normalized spacial score (nSPS) is 16.6. The molecule has 1 aromatic carbocycles. The van der Waals surface area contributed by atoms with Crippen molar-refractivity contribution in [3.8, 4) is 16.9 Å². The molecule has 0 radical (unpaired) electrons. The van der Waals surface area contributed by atoms with Gasteiger partial charge in [0.15, 0.2) is 5.82 Å². The van der Waals surface area contributed by atoms with Gasteiger partial charge in [-0.15, -0.1) is 0 Å². The van der Waals surface area contributed by atoms with Crippen LogP contribution < -0.4 is 16.0 Å². The molecule has 180 valence electrons. The monoisotopic (exact) mass is 484 g/mol. The number of carbonyl (C=O) groups is 1. The molecule has 1 unspecified atom stereocenters. The molecule has 1 aliphatic rings. The highest BCUT2D eigenvalue weighted by Gasteiger charge is 2.27. The number of aromatic amines is 1. The predicted molar refractivity (Wildman–Crippen MR) is 134 cm³/mol. The number of nitrogen functional groups attached to an aromatic ring is 1. The van der Waals surface area contributed by atoms with E-state index < -0.39 is 0 Å². The van der Waals surface area contributed by atoms with Crippen molar-refractivity contribution < 1.29 is 9.53 Å². The molecule has 0 bridgehead atoms. The number of fused-ring (bicyclic) bond motifs is 1. The number of aromatic nitrogens is 3. The van der Waals surface area contributed by atoms with Crippen molar-refractivity contribution in [1.29, 1.82) is 0 Å². The fourth-order valence-electron chi connectivity index (χ4n) is 4.43. The highest BCUT2D eigenvalue weighted by molar-refractivity contribution is 6.32. The number of nitrogens with zero attached hydrogens (tertiary/aromatic N) is 4. The first-order valence-corrected chi connectivity index (χ1v) is 11.5. The maximum Gasteiger partial charge on any atom is 0.288 e. The second-order valence-electron chi connectivity index (χ2n) is 8.71. The third-order valence-corrected chi connectivity index (χ3v) is 6.37. The summed E-state index contributed by atoms with van der Waals surface area (Å²) in [6, 6.07) is 5.36. The van der Waals surface area contributed by atoms with E-state index in [0.29, 0.717) is 41.3 Å². The van der Waals surface area contributed by atoms with Crippen LogP contribution in [0, 0.1) is 0 Å². The van der Waals surface area contributed by atoms with Crippen LogP contribution >= 0.6 is 11.6 Å². The minimum atomic E-state index is -0.329. The quantitative estimate of drug-likeness (QED) is 0.520. The minimum absolute atomic E-state index is 0.0275. The number of likely N-dealkylation sites (tertiary alicyclic amines) is 1. The first-order chi connectivity index (χ1) is 16.3. The standard InChI is InChI=1S/C24H29ClN6O3/c1-29(2)10-5-7-20(32)30-11-4-6-16(13-30)31-14-17(15-8-9-19(34-3)18(25)12-15)21-22(31)24(33)28-27-23(21)26/h5,7-9,12,14,16H,4,6,10-11,13H2,1-3H3,(H2,26,27)(H,28,33). The number of carbonyl (C=O) groups excluding carboxylic acids is 1. The number of halogens is 1. The highest BCUT2D eigenvalue weighted by Crippen LogP contribution is 2.38. The Labute approximate surface area is 202 Å². The summed E-state index contributed by atoms with van der Waals surface area (Å²) in [7, 11) is 5.46. The average molecular weight is 485 g/mol. The van der Waals surface area contributed by atoms with E-state index >= 15 is 0 Å². The lowest BCUT2D eigenvalue weighted by molar-refractivity contribution is -0.127. The number of benzene rings is 1. The number of methoxy groups -OCH3 is 1. The highest BCUT2D eigenvalue weighted by atomic mass is 35.5. The van der Waals surface area contributed by atoms with Crippen molar-refractivity contribution in [2.75, 3.05) is 46.6 Å². The van der Waals surface area contributed by atoms with Gasteiger partial charge >= 0.3 is 0 Å². The van der Waals surface area contributed by atoms with Gasteiger partial charge in [-0.2, -0.15) is 5.10 Å². The summed E-state index contributed by atoms with van der Waals surface area (Å²) in [6.07, 6.45) is 7.06. The molecule has 2 aromatic heterocycles. The number of piperidine rings is 1. The summed E-state index contributed by atoms with van der Waals surface area (Å²) in [5.74, 6) is 0.757. The second-order valence-corrected chi connectivity index (χ2v) is 9.11. The Hall–Kier alpha value is -3.30. The number of nitrogens with two attached hydrogens (primary N) is 1. The topological polar surface area (TPSA) is 109 Å². The van der Waals surface area contributed by atoms with Gasteiger partial charge in [-0.1, -0.05) is 23.7 Å². The molecule has 1 aliphatic heterocycles. The molecule has 0 saturated carbocycles. The van der Waals surface area contributed by atoms with E-state index in [2.05, 4.69) is 10.2 Å². The predicted octanol–water partition coefficient (Wildman–Crippen LogP) is 2.92. The maximum absolute atomic E-state index is 12.9. The molecule has 4 rings (SSSR count). The largest absolute Gasteiger partial charge is 0.495 e. The number of likely N-dealkylation sites (N-methyl/N-ethyl adjacent to an activating group) is 1. The van der Waals surface area contributed by atoms with Gasteiger partial charge in [0.25, 0.3) is 5.56 Å². The molecule has 1 saturated heterocycles. The number of amides is 1. The first-order valence-electron chi connectivity index (χ1n) is 11.1. The molecular weight excluding hydrogens is 456 g/mol. The Bertz CT molecular complexity index is 1300. The number of ether oxygens (including phenoxy) is 1. The van der Waals surface area contributed by atoms with Crippen LogP contribution in [-0.4, -0.2) is 71.3 Å². The molecule has 0 aliphatic carbocycles. The zero-order valence-corrected chi connectivity index (χ0v) is 20.3. The third kappa shape index (κ3) is 4.67. The van der Waals surface area contributed by atoms with Crippen LogP contribution in [0.15, 0.2) is 41.3 Å². The summed E-state index contributed by atoms with van der Waals surface area (Å²) < 4.78 is 7.20. The van der Waals surface area contributed by atoms with E-state index in [1.807, 2.05) is 46.8 Å². The number of hydrogen-bond acceptors (Lipinski definition) is 6. The second kappa shape index (κ2) is 9.90. The molecule has 3 aromatic rings. The number of rotatable bonds is 6. The molecule has 1 amide bonds. The summed E-state index contributed by atoms with van der Waals surface area (Å²) >= 11 is 6.37. The molecule has 9 nitrogen and oxygen atoms in total. The van der Waals surface area contributed by atoms with E-state index in [4.69, 9.17) is 22.1 Å². The SMILES string of the molecule is COc1ccc(-c2cn(C3CCCN(C(=O)C=CCN(C)C)C3)c3c(=O)[nH]nc(N)c23)cc1Cl. The lowest BCUT2D eigenvalue weighted by Gasteiger charge is -2.33. The molecule has 10 heteroatoms. The lowest BCUT2D eigenvalue weighted by atomic mass is 10.1. The number of anilines is 1. The van der Waals surface area contributed by atoms with Crippen molar-refractivity contribution in [2.45, 2.75) is 18.9 Å². The van der Waals surface area contributed by atoms with Crippen LogP contribution in [0.5, 0.6) is 5.75 Å². The zero-order valence-electron chi connectivity index (χ0n) is 19.5. The van der Waals surface area contributed by atoms with Crippen molar-refractivity contribution in [3.05, 3.63) is 51.9 Å². The minimum Gasteiger partial charge on any atom is -0.495 e. The fraction of sp³-hybridized carbons (Fsp3) is 0.375. The molecule has 3 N–H and O–H groups in total. The molecule has 0 spiro atoms. The smallest absolute Gasteiger partial charge is 0.288 e. The Morgan fingerprint density at radius 1 is 1.41 bits per heavy atom. The first kappa shape index (κ1) is 23.8. The Kier molecular flexibility index (Phi) is 6.95. The van der Waals surface area contributed by atoms with Crippen LogP contribution in [0.2, 0.25) is 5.02 Å². The number of hydrogen-bond donors (Lipinski definition) is 2. The molecular formula is C24H29ClN6O3. The Balaban J connectivity index is 1.74. The summed E-state index contributed by atoms with van der Waals surface area (Å²) in [6.45, 7) is 1.88. The van der Waals surface area contributed by atoms with Crippen LogP contribution in [0.3, 0.4) is 0 Å². The van der Waals surface area contributed by atoms with E-state index in [1.165, 1.54) is 0 Å². The van der Waals surface area contributed by atoms with Gasteiger partial charge in [-0.25, -0.2) is 5.10 Å². The third-order valence-electron chi connectivity index (χ3n) is 6.08. The van der Waals surface area contributed by atoms with E-state index in [9.17, 15) is 9.59 Å². The van der Waals surface area contributed by atoms with Gasteiger partial charge < -0.3 is 24.8 Å². The summed E-state index contributed by atoms with van der Waals surface area (Å²) in [5.41, 5.74) is 7.89. The molecule has 34 heavy (non-hydrogen) atoms. The molecule has 1 fully saturated rings. The van der Waals surface area contributed by atoms with Crippen molar-refractivity contribution in [2.24, 2.45) is 0 Å². The van der Waals surface area contributed by atoms with Gasteiger partial charge in [0.05, 0.1) is 23.6 Å². The fourth-order valence-corrected chi connectivity index (χ4v) is 4.68. The zero-order chi connectivity index (χ0) is 24.4.